The lowest BCUT2D eigenvalue weighted by Gasteiger charge is -2.39. The molecule has 4 heteroatoms. The molecule has 0 fully saturated rings. The van der Waals surface area contributed by atoms with E-state index in [1.807, 2.05) is 0 Å². The molecule has 0 unspecified atom stereocenters. The van der Waals surface area contributed by atoms with E-state index in [1.165, 1.54) is 17.7 Å². The summed E-state index contributed by atoms with van der Waals surface area (Å²) in [5, 5.41) is 24.9. The van der Waals surface area contributed by atoms with E-state index in [0.29, 0.717) is 5.56 Å². The topological polar surface area (TPSA) is 52.5 Å². The van der Waals surface area contributed by atoms with Crippen molar-refractivity contribution in [3.8, 4) is 5.75 Å². The second-order valence-corrected chi connectivity index (χ2v) is 8.51. The molecule has 2 rings (SSSR count). The van der Waals surface area contributed by atoms with Crippen molar-refractivity contribution in [2.75, 3.05) is 0 Å². The highest BCUT2D eigenvalue weighted by atomic mass is 19.1. The first-order valence-electron chi connectivity index (χ1n) is 10.6. The third kappa shape index (κ3) is 4.78. The van der Waals surface area contributed by atoms with Crippen molar-refractivity contribution in [2.45, 2.75) is 79.2 Å². The number of allylic oxidation sites excluding steroid dienone is 3. The number of rotatable bonds is 8. The van der Waals surface area contributed by atoms with Crippen molar-refractivity contribution in [1.82, 2.24) is 5.32 Å². The Morgan fingerprint density at radius 3 is 2.18 bits per heavy atom. The molecular weight excluding hydrogens is 353 g/mol. The number of benzene rings is 1. The molecule has 156 valence electrons. The summed E-state index contributed by atoms with van der Waals surface area (Å²) in [5.74, 6) is -0.271. The van der Waals surface area contributed by atoms with E-state index >= 15 is 0 Å². The lowest BCUT2D eigenvalue weighted by Crippen LogP contribution is -2.34. The van der Waals surface area contributed by atoms with Crippen LogP contribution in [-0.4, -0.2) is 16.3 Å². The van der Waals surface area contributed by atoms with Crippen LogP contribution in [0.4, 0.5) is 4.39 Å². The number of unbranched alkanes of at least 4 members (excludes halogenated alkanes) is 2. The number of aliphatic hydroxyl groups is 1. The van der Waals surface area contributed by atoms with Crippen LogP contribution in [-0.2, 0) is 0 Å². The summed E-state index contributed by atoms with van der Waals surface area (Å²) in [6.07, 6.45) is 3.51. The summed E-state index contributed by atoms with van der Waals surface area (Å²) in [6, 6.07) is 4.23. The Balaban J connectivity index is 2.73. The maximum Gasteiger partial charge on any atom is 0.126 e. The maximum absolute atomic E-state index is 13.7. The molecule has 1 aromatic rings. The van der Waals surface area contributed by atoms with Crippen LogP contribution in [0.25, 0.3) is 0 Å². The lowest BCUT2D eigenvalue weighted by molar-refractivity contribution is 0.219. The van der Waals surface area contributed by atoms with Gasteiger partial charge < -0.3 is 15.5 Å². The first-order valence-corrected chi connectivity index (χ1v) is 10.6. The van der Waals surface area contributed by atoms with Gasteiger partial charge in [-0.05, 0) is 48.8 Å². The zero-order valence-corrected chi connectivity index (χ0v) is 18.1. The van der Waals surface area contributed by atoms with E-state index < -0.39 is 11.9 Å². The largest absolute Gasteiger partial charge is 0.508 e. The van der Waals surface area contributed by atoms with Gasteiger partial charge in [0.05, 0.1) is 6.10 Å². The second kappa shape index (κ2) is 9.60. The molecule has 28 heavy (non-hydrogen) atoms. The molecular formula is C24H36FNO2. The van der Waals surface area contributed by atoms with E-state index in [-0.39, 0.29) is 23.5 Å². The van der Waals surface area contributed by atoms with Crippen LogP contribution in [0, 0.1) is 17.7 Å². The first kappa shape index (κ1) is 22.5. The predicted molar refractivity (Wildman–Crippen MR) is 113 cm³/mol. The van der Waals surface area contributed by atoms with Gasteiger partial charge in [-0.15, -0.1) is 0 Å². The summed E-state index contributed by atoms with van der Waals surface area (Å²) < 4.78 is 13.7. The minimum absolute atomic E-state index is 0.0516. The molecule has 0 aromatic heterocycles. The van der Waals surface area contributed by atoms with Crippen molar-refractivity contribution in [1.29, 1.82) is 0 Å². The van der Waals surface area contributed by atoms with Crippen LogP contribution in [0.15, 0.2) is 40.7 Å². The Morgan fingerprint density at radius 2 is 1.68 bits per heavy atom. The van der Waals surface area contributed by atoms with E-state index in [0.717, 1.165) is 42.7 Å². The summed E-state index contributed by atoms with van der Waals surface area (Å²) in [5.41, 5.74) is 4.92. The van der Waals surface area contributed by atoms with Gasteiger partial charge in [0.2, 0.25) is 0 Å². The average molecular weight is 390 g/mol. The number of aromatic hydroxyl groups is 1. The first-order chi connectivity index (χ1) is 13.2. The highest BCUT2D eigenvalue weighted by Gasteiger charge is 2.36. The van der Waals surface area contributed by atoms with E-state index in [4.69, 9.17) is 0 Å². The number of halogens is 1. The molecule has 3 nitrogen and oxygen atoms in total. The van der Waals surface area contributed by atoms with Crippen molar-refractivity contribution in [2.24, 2.45) is 11.8 Å². The highest BCUT2D eigenvalue weighted by Crippen LogP contribution is 2.46. The Morgan fingerprint density at radius 1 is 1.04 bits per heavy atom. The van der Waals surface area contributed by atoms with Crippen molar-refractivity contribution in [3.05, 3.63) is 52.1 Å². The third-order valence-corrected chi connectivity index (χ3v) is 5.54. The molecule has 0 saturated heterocycles. The molecule has 0 spiro atoms. The smallest absolute Gasteiger partial charge is 0.126 e. The third-order valence-electron chi connectivity index (χ3n) is 5.54. The standard InChI is InChI=1S/C24H36FNO2/c1-7-8-9-10-19-22(18-12-11-17(25)13-20(18)28)21(16(6)27)24(15(4)5)26-23(19)14(2)3/h11-16,22,26-28H,7-10H2,1-6H3/t16-,22-/m1/s1. The molecule has 1 aliphatic rings. The summed E-state index contributed by atoms with van der Waals surface area (Å²) >= 11 is 0. The molecule has 0 bridgehead atoms. The SMILES string of the molecule is CCCCCC1=C(C(C)C)NC(C(C)C)=C([C@@H](C)O)[C@@H]1c1ccc(F)cc1O. The van der Waals surface area contributed by atoms with Gasteiger partial charge in [0, 0.05) is 28.9 Å². The van der Waals surface area contributed by atoms with Crippen molar-refractivity contribution >= 4 is 0 Å². The quantitative estimate of drug-likeness (QED) is 0.478. The molecule has 1 aliphatic heterocycles. The van der Waals surface area contributed by atoms with Gasteiger partial charge in [-0.25, -0.2) is 4.39 Å². The molecule has 3 N–H and O–H groups in total. The number of phenols is 1. The molecule has 1 aromatic carbocycles. The summed E-state index contributed by atoms with van der Waals surface area (Å²) in [4.78, 5) is 0. The van der Waals surface area contributed by atoms with Crippen LogP contribution in [0.2, 0.25) is 0 Å². The monoisotopic (exact) mass is 389 g/mol. The minimum atomic E-state index is -0.672. The van der Waals surface area contributed by atoms with Crippen LogP contribution in [0.3, 0.4) is 0 Å². The fraction of sp³-hybridized carbons (Fsp3) is 0.583. The number of hydrogen-bond donors (Lipinski definition) is 3. The van der Waals surface area contributed by atoms with Gasteiger partial charge in [0.1, 0.15) is 11.6 Å². The Labute approximate surface area is 169 Å². The molecule has 0 radical (unpaired) electrons. The Hall–Kier alpha value is -1.81. The van der Waals surface area contributed by atoms with Gasteiger partial charge in [-0.2, -0.15) is 0 Å². The Kier molecular flexibility index (Phi) is 7.70. The van der Waals surface area contributed by atoms with Crippen LogP contribution in [0.5, 0.6) is 5.75 Å². The van der Waals surface area contributed by atoms with Gasteiger partial charge in [-0.1, -0.05) is 53.5 Å². The fourth-order valence-corrected chi connectivity index (χ4v) is 4.22. The summed E-state index contributed by atoms with van der Waals surface area (Å²) in [6.45, 7) is 12.5. The van der Waals surface area contributed by atoms with E-state index in [9.17, 15) is 14.6 Å². The van der Waals surface area contributed by atoms with Crippen LogP contribution in [0.1, 0.15) is 78.7 Å². The zero-order valence-electron chi connectivity index (χ0n) is 18.1. The van der Waals surface area contributed by atoms with Gasteiger partial charge in [-0.3, -0.25) is 0 Å². The van der Waals surface area contributed by atoms with Crippen molar-refractivity contribution < 1.29 is 14.6 Å². The molecule has 1 heterocycles. The van der Waals surface area contributed by atoms with Crippen LogP contribution < -0.4 is 5.32 Å². The number of hydrogen-bond acceptors (Lipinski definition) is 3. The lowest BCUT2D eigenvalue weighted by atomic mass is 9.73. The van der Waals surface area contributed by atoms with Gasteiger partial charge in [0.15, 0.2) is 0 Å². The highest BCUT2D eigenvalue weighted by molar-refractivity contribution is 5.52. The van der Waals surface area contributed by atoms with Gasteiger partial charge in [0.25, 0.3) is 0 Å². The normalized spacial score (nSPS) is 18.9. The second-order valence-electron chi connectivity index (χ2n) is 8.51. The van der Waals surface area contributed by atoms with Crippen molar-refractivity contribution in [3.63, 3.8) is 0 Å². The zero-order chi connectivity index (χ0) is 21.0. The average Bonchev–Trinajstić information content (AvgIpc) is 2.60. The Bertz CT molecular complexity index is 747. The van der Waals surface area contributed by atoms with E-state index in [2.05, 4.69) is 39.9 Å². The fourth-order valence-electron chi connectivity index (χ4n) is 4.22. The van der Waals surface area contributed by atoms with E-state index in [1.54, 1.807) is 13.0 Å². The summed E-state index contributed by atoms with van der Waals surface area (Å²) in [7, 11) is 0. The molecule has 2 atom stereocenters. The maximum atomic E-state index is 13.7. The molecule has 0 saturated carbocycles. The number of aliphatic hydroxyl groups excluding tert-OH is 1. The minimum Gasteiger partial charge on any atom is -0.508 e. The number of dihydropyridines is 1. The van der Waals surface area contributed by atoms with Crippen LogP contribution >= 0.6 is 0 Å². The molecule has 0 aliphatic carbocycles. The van der Waals surface area contributed by atoms with Gasteiger partial charge >= 0.3 is 0 Å². The number of nitrogens with one attached hydrogen (secondary N) is 1. The molecule has 0 amide bonds. The number of phenolic OH excluding ortho intramolecular Hbond substituents is 1. The predicted octanol–water partition coefficient (Wildman–Crippen LogP) is 6.00.